The summed E-state index contributed by atoms with van der Waals surface area (Å²) in [4.78, 5) is 12.3. The molecule has 1 amide bonds. The van der Waals surface area contributed by atoms with Crippen LogP contribution in [0.25, 0.3) is 0 Å². The second-order valence-corrected chi connectivity index (χ2v) is 5.94. The van der Waals surface area contributed by atoms with Crippen LogP contribution in [0.2, 0.25) is 0 Å². The van der Waals surface area contributed by atoms with Gasteiger partial charge in [-0.2, -0.15) is 0 Å². The van der Waals surface area contributed by atoms with Crippen LogP contribution in [-0.4, -0.2) is 19.1 Å². The fourth-order valence-corrected chi connectivity index (χ4v) is 2.37. The molecule has 0 aliphatic carbocycles. The molecule has 2 aromatic carbocycles. The molecule has 0 aliphatic rings. The summed E-state index contributed by atoms with van der Waals surface area (Å²) in [5.74, 6) is 0.157. The van der Waals surface area contributed by atoms with Crippen molar-refractivity contribution in [2.75, 3.05) is 18.5 Å². The van der Waals surface area contributed by atoms with Crippen LogP contribution in [-0.2, 0) is 0 Å². The SMILES string of the molecule is CCCOc1ccc(C(=O)Nc2ccc(Br)cc2F)cc1OCC. The number of amides is 1. The summed E-state index contributed by atoms with van der Waals surface area (Å²) in [7, 11) is 0. The summed E-state index contributed by atoms with van der Waals surface area (Å²) in [6.07, 6.45) is 0.872. The van der Waals surface area contributed by atoms with Crippen LogP contribution in [0, 0.1) is 5.82 Å². The van der Waals surface area contributed by atoms with Gasteiger partial charge in [-0.3, -0.25) is 4.79 Å². The third kappa shape index (κ3) is 4.71. The highest BCUT2D eigenvalue weighted by Gasteiger charge is 2.13. The van der Waals surface area contributed by atoms with E-state index in [0.717, 1.165) is 6.42 Å². The lowest BCUT2D eigenvalue weighted by molar-refractivity contribution is 0.102. The van der Waals surface area contributed by atoms with Crippen molar-refractivity contribution >= 4 is 27.5 Å². The predicted octanol–water partition coefficient (Wildman–Crippen LogP) is 5.03. The largest absolute Gasteiger partial charge is 0.490 e. The lowest BCUT2D eigenvalue weighted by atomic mass is 10.1. The van der Waals surface area contributed by atoms with Gasteiger partial charge in [-0.25, -0.2) is 4.39 Å². The molecule has 6 heteroatoms. The fraction of sp³-hybridized carbons (Fsp3) is 0.278. The first-order chi connectivity index (χ1) is 11.5. The maximum Gasteiger partial charge on any atom is 0.255 e. The van der Waals surface area contributed by atoms with Crippen molar-refractivity contribution in [1.29, 1.82) is 0 Å². The molecule has 2 rings (SSSR count). The molecule has 0 bridgehead atoms. The Morgan fingerprint density at radius 2 is 1.92 bits per heavy atom. The minimum atomic E-state index is -0.509. The zero-order valence-electron chi connectivity index (χ0n) is 13.6. The van der Waals surface area contributed by atoms with E-state index in [4.69, 9.17) is 9.47 Å². The molecule has 24 heavy (non-hydrogen) atoms. The van der Waals surface area contributed by atoms with Gasteiger partial charge in [0.15, 0.2) is 11.5 Å². The number of rotatable bonds is 7. The van der Waals surface area contributed by atoms with Crippen molar-refractivity contribution in [3.63, 3.8) is 0 Å². The van der Waals surface area contributed by atoms with E-state index < -0.39 is 11.7 Å². The fourth-order valence-electron chi connectivity index (χ4n) is 2.03. The molecule has 0 unspecified atom stereocenters. The number of ether oxygens (including phenoxy) is 2. The predicted molar refractivity (Wildman–Crippen MR) is 95.5 cm³/mol. The zero-order chi connectivity index (χ0) is 17.5. The van der Waals surface area contributed by atoms with Crippen LogP contribution in [0.1, 0.15) is 30.6 Å². The normalized spacial score (nSPS) is 10.3. The molecule has 0 aromatic heterocycles. The van der Waals surface area contributed by atoms with Gasteiger partial charge in [-0.15, -0.1) is 0 Å². The highest BCUT2D eigenvalue weighted by Crippen LogP contribution is 2.29. The molecule has 0 spiro atoms. The summed E-state index contributed by atoms with van der Waals surface area (Å²) in [5, 5.41) is 2.55. The Hall–Kier alpha value is -2.08. The van der Waals surface area contributed by atoms with Crippen molar-refractivity contribution in [3.8, 4) is 11.5 Å². The van der Waals surface area contributed by atoms with Gasteiger partial charge in [0.05, 0.1) is 18.9 Å². The molecule has 0 atom stereocenters. The van der Waals surface area contributed by atoms with Crippen LogP contribution < -0.4 is 14.8 Å². The van der Waals surface area contributed by atoms with Gasteiger partial charge in [0.1, 0.15) is 5.82 Å². The second kappa shape index (κ2) is 8.68. The van der Waals surface area contributed by atoms with Crippen LogP contribution in [0.15, 0.2) is 40.9 Å². The molecule has 0 aliphatic heterocycles. The number of carbonyl (C=O) groups excluding carboxylic acids is 1. The van der Waals surface area contributed by atoms with Gasteiger partial charge >= 0.3 is 0 Å². The van der Waals surface area contributed by atoms with E-state index in [0.29, 0.717) is 34.7 Å². The van der Waals surface area contributed by atoms with Crippen molar-refractivity contribution in [1.82, 2.24) is 0 Å². The Morgan fingerprint density at radius 3 is 2.58 bits per heavy atom. The van der Waals surface area contributed by atoms with Gasteiger partial charge < -0.3 is 14.8 Å². The molecule has 0 heterocycles. The average molecular weight is 396 g/mol. The van der Waals surface area contributed by atoms with Gasteiger partial charge in [0, 0.05) is 10.0 Å². The molecule has 4 nitrogen and oxygen atoms in total. The first-order valence-corrected chi connectivity index (χ1v) is 8.50. The Kier molecular flexibility index (Phi) is 6.61. The van der Waals surface area contributed by atoms with Gasteiger partial charge in [0.2, 0.25) is 0 Å². The molecule has 0 saturated heterocycles. The number of halogens is 2. The summed E-state index contributed by atoms with van der Waals surface area (Å²) < 4.78 is 25.6. The number of benzene rings is 2. The Bertz CT molecular complexity index is 721. The van der Waals surface area contributed by atoms with Crippen LogP contribution in [0.5, 0.6) is 11.5 Å². The lowest BCUT2D eigenvalue weighted by Crippen LogP contribution is -2.13. The second-order valence-electron chi connectivity index (χ2n) is 5.02. The molecule has 0 radical (unpaired) electrons. The molecule has 0 fully saturated rings. The molecule has 128 valence electrons. The Balaban J connectivity index is 2.20. The standard InChI is InChI=1S/C18H19BrFNO3/c1-3-9-24-16-8-5-12(10-17(16)23-4-2)18(22)21-15-7-6-13(19)11-14(15)20/h5-8,10-11H,3-4,9H2,1-2H3,(H,21,22). The topological polar surface area (TPSA) is 47.6 Å². The third-order valence-electron chi connectivity index (χ3n) is 3.15. The van der Waals surface area contributed by atoms with Crippen molar-refractivity contribution in [2.45, 2.75) is 20.3 Å². The highest BCUT2D eigenvalue weighted by atomic mass is 79.9. The van der Waals surface area contributed by atoms with Crippen LogP contribution >= 0.6 is 15.9 Å². The molecule has 0 saturated carbocycles. The zero-order valence-corrected chi connectivity index (χ0v) is 15.2. The van der Waals surface area contributed by atoms with E-state index in [1.165, 1.54) is 12.1 Å². The average Bonchev–Trinajstić information content (AvgIpc) is 2.56. The van der Waals surface area contributed by atoms with E-state index in [1.807, 2.05) is 13.8 Å². The molecule has 2 aromatic rings. The number of hydrogen-bond donors (Lipinski definition) is 1. The number of carbonyl (C=O) groups is 1. The van der Waals surface area contributed by atoms with Crippen LogP contribution in [0.4, 0.5) is 10.1 Å². The van der Waals surface area contributed by atoms with Gasteiger partial charge in [-0.05, 0) is 49.7 Å². The van der Waals surface area contributed by atoms with Crippen molar-refractivity contribution < 1.29 is 18.7 Å². The minimum Gasteiger partial charge on any atom is -0.490 e. The van der Waals surface area contributed by atoms with E-state index in [9.17, 15) is 9.18 Å². The Morgan fingerprint density at radius 1 is 1.12 bits per heavy atom. The molecular formula is C18H19BrFNO3. The first-order valence-electron chi connectivity index (χ1n) is 7.71. The van der Waals surface area contributed by atoms with Crippen molar-refractivity contribution in [2.24, 2.45) is 0 Å². The third-order valence-corrected chi connectivity index (χ3v) is 3.64. The maximum absolute atomic E-state index is 13.8. The number of hydrogen-bond acceptors (Lipinski definition) is 3. The Labute approximate surface area is 149 Å². The van der Waals surface area contributed by atoms with Gasteiger partial charge in [0.25, 0.3) is 5.91 Å². The van der Waals surface area contributed by atoms with E-state index >= 15 is 0 Å². The minimum absolute atomic E-state index is 0.118. The highest BCUT2D eigenvalue weighted by molar-refractivity contribution is 9.10. The monoisotopic (exact) mass is 395 g/mol. The maximum atomic E-state index is 13.8. The van der Waals surface area contributed by atoms with Crippen molar-refractivity contribution in [3.05, 3.63) is 52.3 Å². The number of nitrogens with one attached hydrogen (secondary N) is 1. The summed E-state index contributed by atoms with van der Waals surface area (Å²) in [6.45, 7) is 4.88. The molecular weight excluding hydrogens is 377 g/mol. The smallest absolute Gasteiger partial charge is 0.255 e. The summed E-state index contributed by atoms with van der Waals surface area (Å²) >= 11 is 3.18. The van der Waals surface area contributed by atoms with Gasteiger partial charge in [-0.1, -0.05) is 22.9 Å². The summed E-state index contributed by atoms with van der Waals surface area (Å²) in [6, 6.07) is 9.36. The van der Waals surface area contributed by atoms with E-state index in [2.05, 4.69) is 21.2 Å². The molecule has 1 N–H and O–H groups in total. The van der Waals surface area contributed by atoms with E-state index in [-0.39, 0.29) is 5.69 Å². The quantitative estimate of drug-likeness (QED) is 0.714. The van der Waals surface area contributed by atoms with E-state index in [1.54, 1.807) is 24.3 Å². The number of anilines is 1. The summed E-state index contributed by atoms with van der Waals surface area (Å²) in [5.41, 5.74) is 0.483. The van der Waals surface area contributed by atoms with Crippen LogP contribution in [0.3, 0.4) is 0 Å². The lowest BCUT2D eigenvalue weighted by Gasteiger charge is -2.13. The first kappa shape index (κ1) is 18.3.